The molecule has 1 fully saturated rings. The van der Waals surface area contributed by atoms with E-state index in [2.05, 4.69) is 0 Å². The number of methoxy groups -OCH3 is 4. The number of rotatable bonds is 8. The molecule has 28 heavy (non-hydrogen) atoms. The van der Waals surface area contributed by atoms with E-state index in [-0.39, 0.29) is 18.6 Å². The Labute approximate surface area is 164 Å². The highest BCUT2D eigenvalue weighted by Gasteiger charge is 2.47. The Morgan fingerprint density at radius 2 is 1.54 bits per heavy atom. The zero-order valence-corrected chi connectivity index (χ0v) is 16.5. The van der Waals surface area contributed by atoms with Crippen molar-refractivity contribution in [1.82, 2.24) is 4.90 Å². The fourth-order valence-corrected chi connectivity index (χ4v) is 3.61. The number of aliphatic hydroxyl groups excluding tert-OH is 1. The zero-order chi connectivity index (χ0) is 20.3. The Morgan fingerprint density at radius 3 is 2.00 bits per heavy atom. The van der Waals surface area contributed by atoms with Crippen LogP contribution in [0.5, 0.6) is 23.0 Å². The van der Waals surface area contributed by atoms with Gasteiger partial charge >= 0.3 is 0 Å². The van der Waals surface area contributed by atoms with Crippen LogP contribution < -0.4 is 18.9 Å². The summed E-state index contributed by atoms with van der Waals surface area (Å²) >= 11 is 0. The molecule has 1 aliphatic rings. The molecule has 2 atom stereocenters. The molecule has 0 aromatic heterocycles. The maximum atomic E-state index is 12.6. The fraction of sp³-hybridized carbons (Fsp3) is 0.381. The highest BCUT2D eigenvalue weighted by atomic mass is 16.5. The molecular formula is C21H25NO6. The van der Waals surface area contributed by atoms with Crippen molar-refractivity contribution in [2.75, 3.05) is 35.0 Å². The van der Waals surface area contributed by atoms with Crippen molar-refractivity contribution in [2.45, 2.75) is 12.6 Å². The highest BCUT2D eigenvalue weighted by Crippen LogP contribution is 2.43. The number of benzene rings is 2. The molecule has 1 N–H and O–H groups in total. The van der Waals surface area contributed by atoms with Gasteiger partial charge < -0.3 is 29.0 Å². The first-order valence-electron chi connectivity index (χ1n) is 8.92. The first kappa shape index (κ1) is 19.8. The lowest BCUT2D eigenvalue weighted by atomic mass is 9.82. The molecule has 1 amide bonds. The lowest BCUT2D eigenvalue weighted by molar-refractivity contribution is -0.161. The minimum Gasteiger partial charge on any atom is -0.497 e. The number of likely N-dealkylation sites (tertiary alicyclic amines) is 1. The summed E-state index contributed by atoms with van der Waals surface area (Å²) in [5.41, 5.74) is 1.80. The first-order valence-corrected chi connectivity index (χ1v) is 8.92. The predicted octanol–water partition coefficient (Wildman–Crippen LogP) is 2.41. The normalized spacial score (nSPS) is 18.5. The van der Waals surface area contributed by atoms with Gasteiger partial charge in [0.15, 0.2) is 11.5 Å². The summed E-state index contributed by atoms with van der Waals surface area (Å²) in [6, 6.07) is 11.0. The van der Waals surface area contributed by atoms with E-state index in [0.717, 1.165) is 16.9 Å². The summed E-state index contributed by atoms with van der Waals surface area (Å²) in [6.45, 7) is 0.171. The van der Waals surface area contributed by atoms with Crippen LogP contribution >= 0.6 is 0 Å². The predicted molar refractivity (Wildman–Crippen MR) is 103 cm³/mol. The monoisotopic (exact) mass is 387 g/mol. The van der Waals surface area contributed by atoms with Crippen molar-refractivity contribution in [1.29, 1.82) is 0 Å². The van der Waals surface area contributed by atoms with Crippen molar-refractivity contribution in [3.05, 3.63) is 47.5 Å². The van der Waals surface area contributed by atoms with Crippen LogP contribution in [0.3, 0.4) is 0 Å². The number of amides is 1. The van der Waals surface area contributed by atoms with E-state index < -0.39 is 5.92 Å². The van der Waals surface area contributed by atoms with Gasteiger partial charge in [-0.15, -0.1) is 0 Å². The van der Waals surface area contributed by atoms with Gasteiger partial charge in [-0.1, -0.05) is 12.1 Å². The number of aliphatic hydroxyl groups is 1. The van der Waals surface area contributed by atoms with Crippen LogP contribution in [0.1, 0.15) is 17.2 Å². The average molecular weight is 387 g/mol. The Hall–Kier alpha value is -2.93. The van der Waals surface area contributed by atoms with Gasteiger partial charge in [0.2, 0.25) is 11.7 Å². The van der Waals surface area contributed by atoms with Gasteiger partial charge in [-0.3, -0.25) is 4.79 Å². The summed E-state index contributed by atoms with van der Waals surface area (Å²) in [5, 5.41) is 9.68. The Morgan fingerprint density at radius 1 is 0.929 bits per heavy atom. The van der Waals surface area contributed by atoms with Crippen molar-refractivity contribution < 1.29 is 28.8 Å². The maximum absolute atomic E-state index is 12.6. The second-order valence-electron chi connectivity index (χ2n) is 6.51. The van der Waals surface area contributed by atoms with E-state index in [4.69, 9.17) is 18.9 Å². The Bertz CT molecular complexity index is 810. The van der Waals surface area contributed by atoms with Crippen molar-refractivity contribution in [3.63, 3.8) is 0 Å². The third kappa shape index (κ3) is 3.45. The summed E-state index contributed by atoms with van der Waals surface area (Å²) < 4.78 is 21.3. The lowest BCUT2D eigenvalue weighted by Crippen LogP contribution is -2.55. The van der Waals surface area contributed by atoms with Crippen molar-refractivity contribution in [2.24, 2.45) is 5.92 Å². The topological polar surface area (TPSA) is 77.5 Å². The summed E-state index contributed by atoms with van der Waals surface area (Å²) in [4.78, 5) is 14.3. The molecule has 7 nitrogen and oxygen atoms in total. The van der Waals surface area contributed by atoms with Gasteiger partial charge in [0.25, 0.3) is 0 Å². The zero-order valence-electron chi connectivity index (χ0n) is 16.5. The maximum Gasteiger partial charge on any atom is 0.231 e. The Balaban J connectivity index is 1.90. The molecule has 2 aromatic carbocycles. The number of ether oxygens (including phenoxy) is 4. The van der Waals surface area contributed by atoms with E-state index >= 15 is 0 Å². The van der Waals surface area contributed by atoms with E-state index in [1.54, 1.807) is 33.3 Å². The quantitative estimate of drug-likeness (QED) is 0.701. The number of β-lactam (4-membered cyclic amide) rings is 1. The minimum absolute atomic E-state index is 0.0860. The minimum atomic E-state index is -0.449. The molecule has 0 saturated carbocycles. The summed E-state index contributed by atoms with van der Waals surface area (Å²) in [6.07, 6.45) is 0. The molecule has 2 unspecified atom stereocenters. The second kappa shape index (κ2) is 8.39. The molecule has 150 valence electrons. The molecule has 7 heteroatoms. The molecule has 0 bridgehead atoms. The standard InChI is InChI=1S/C21H25NO6/c1-25-15-7-5-14(6-8-15)19-16(12-23)21(24)22(19)11-13-9-17(26-2)20(28-4)18(10-13)27-3/h5-10,16,19,23H,11-12H2,1-4H3. The first-order chi connectivity index (χ1) is 13.6. The van der Waals surface area contributed by atoms with Crippen molar-refractivity contribution >= 4 is 5.91 Å². The molecule has 0 spiro atoms. The lowest BCUT2D eigenvalue weighted by Gasteiger charge is -2.47. The van der Waals surface area contributed by atoms with Crippen LogP contribution in [0.25, 0.3) is 0 Å². The van der Waals surface area contributed by atoms with Gasteiger partial charge in [0.1, 0.15) is 5.75 Å². The van der Waals surface area contributed by atoms with Crippen LogP contribution in [-0.2, 0) is 11.3 Å². The SMILES string of the molecule is COc1ccc(C2C(CO)C(=O)N2Cc2cc(OC)c(OC)c(OC)c2)cc1. The molecule has 1 saturated heterocycles. The van der Waals surface area contributed by atoms with E-state index in [0.29, 0.717) is 23.8 Å². The Kier molecular flexibility index (Phi) is 5.94. The van der Waals surface area contributed by atoms with Crippen LogP contribution in [0.15, 0.2) is 36.4 Å². The third-order valence-electron chi connectivity index (χ3n) is 5.05. The number of nitrogens with zero attached hydrogens (tertiary/aromatic N) is 1. The van der Waals surface area contributed by atoms with Gasteiger partial charge in [0, 0.05) is 6.54 Å². The molecule has 2 aromatic rings. The third-order valence-corrected chi connectivity index (χ3v) is 5.05. The molecular weight excluding hydrogens is 362 g/mol. The molecule has 3 rings (SSSR count). The molecule has 0 aliphatic carbocycles. The molecule has 0 radical (unpaired) electrons. The van der Waals surface area contributed by atoms with Crippen molar-refractivity contribution in [3.8, 4) is 23.0 Å². The van der Waals surface area contributed by atoms with Gasteiger partial charge in [-0.05, 0) is 35.4 Å². The number of carbonyl (C=O) groups excluding carboxylic acids is 1. The fourth-order valence-electron chi connectivity index (χ4n) is 3.61. The highest BCUT2D eigenvalue weighted by molar-refractivity contribution is 5.86. The van der Waals surface area contributed by atoms with E-state index in [9.17, 15) is 9.90 Å². The molecule has 1 heterocycles. The van der Waals surface area contributed by atoms with Gasteiger partial charge in [-0.2, -0.15) is 0 Å². The van der Waals surface area contributed by atoms with E-state index in [1.807, 2.05) is 36.4 Å². The van der Waals surface area contributed by atoms with Crippen LogP contribution in [0.2, 0.25) is 0 Å². The van der Waals surface area contributed by atoms with Crippen LogP contribution in [0, 0.1) is 5.92 Å². The van der Waals surface area contributed by atoms with Gasteiger partial charge in [-0.25, -0.2) is 0 Å². The largest absolute Gasteiger partial charge is 0.497 e. The van der Waals surface area contributed by atoms with E-state index in [1.165, 1.54) is 0 Å². The van der Waals surface area contributed by atoms with Crippen LogP contribution in [-0.4, -0.2) is 51.0 Å². The smallest absolute Gasteiger partial charge is 0.231 e. The second-order valence-corrected chi connectivity index (χ2v) is 6.51. The molecule has 1 aliphatic heterocycles. The number of carbonyl (C=O) groups is 1. The summed E-state index contributed by atoms with van der Waals surface area (Å²) in [5.74, 6) is 1.77. The summed E-state index contributed by atoms with van der Waals surface area (Å²) in [7, 11) is 6.26. The average Bonchev–Trinajstić information content (AvgIpc) is 2.74. The number of hydrogen-bond donors (Lipinski definition) is 1. The number of hydrogen-bond acceptors (Lipinski definition) is 6. The van der Waals surface area contributed by atoms with Gasteiger partial charge in [0.05, 0.1) is 47.0 Å². The van der Waals surface area contributed by atoms with Crippen LogP contribution in [0.4, 0.5) is 0 Å².